The molecule has 1 aromatic carbocycles. The van der Waals surface area contributed by atoms with Crippen molar-refractivity contribution in [2.24, 2.45) is 5.92 Å². The molecule has 1 amide bonds. The molecule has 4 rings (SSSR count). The van der Waals surface area contributed by atoms with Gasteiger partial charge >= 0.3 is 0 Å². The first-order valence-corrected chi connectivity index (χ1v) is 12.9. The summed E-state index contributed by atoms with van der Waals surface area (Å²) in [5.74, 6) is 1.25. The molecular formula is C22H30N6O3S. The molecule has 0 saturated carbocycles. The summed E-state index contributed by atoms with van der Waals surface area (Å²) in [6.45, 7) is 4.72. The number of carbonyl (C=O) groups excluding carboxylic acids is 1. The number of aryl methyl sites for hydroxylation is 1. The van der Waals surface area contributed by atoms with Crippen LogP contribution in [0.15, 0.2) is 30.3 Å². The van der Waals surface area contributed by atoms with E-state index in [9.17, 15) is 13.2 Å². The van der Waals surface area contributed by atoms with Crippen LogP contribution in [0.4, 0.5) is 23.1 Å². The number of rotatable bonds is 6. The second-order valence-electron chi connectivity index (χ2n) is 8.52. The van der Waals surface area contributed by atoms with Gasteiger partial charge in [0.1, 0.15) is 5.82 Å². The minimum absolute atomic E-state index is 0.0689. The van der Waals surface area contributed by atoms with Crippen molar-refractivity contribution in [1.29, 1.82) is 0 Å². The van der Waals surface area contributed by atoms with Crippen molar-refractivity contribution in [3.05, 3.63) is 36.0 Å². The van der Waals surface area contributed by atoms with E-state index in [2.05, 4.69) is 25.5 Å². The topological polar surface area (TPSA) is 108 Å². The molecule has 32 heavy (non-hydrogen) atoms. The van der Waals surface area contributed by atoms with Crippen LogP contribution in [-0.4, -0.2) is 61.0 Å². The Balaban J connectivity index is 1.34. The van der Waals surface area contributed by atoms with Gasteiger partial charge in [-0.15, -0.1) is 0 Å². The molecule has 0 unspecified atom stereocenters. The summed E-state index contributed by atoms with van der Waals surface area (Å²) in [6, 6.07) is 9.41. The van der Waals surface area contributed by atoms with Crippen molar-refractivity contribution in [2.45, 2.75) is 32.6 Å². The number of nitrogens with one attached hydrogen (secondary N) is 2. The second kappa shape index (κ2) is 9.41. The van der Waals surface area contributed by atoms with Crippen LogP contribution in [0.25, 0.3) is 0 Å². The Hall–Kier alpha value is -2.72. The molecule has 3 heterocycles. The third-order valence-electron chi connectivity index (χ3n) is 5.95. The zero-order chi connectivity index (χ0) is 22.7. The molecule has 0 bridgehead atoms. The molecule has 2 N–H and O–H groups in total. The molecule has 0 radical (unpaired) electrons. The number of hydrogen-bond donors (Lipinski definition) is 2. The van der Waals surface area contributed by atoms with E-state index in [1.807, 2.05) is 37.3 Å². The maximum Gasteiger partial charge on any atom is 0.227 e. The number of hydrogen-bond acceptors (Lipinski definition) is 7. The Labute approximate surface area is 189 Å². The van der Waals surface area contributed by atoms with Crippen LogP contribution >= 0.6 is 0 Å². The van der Waals surface area contributed by atoms with Crippen LogP contribution in [0.2, 0.25) is 0 Å². The van der Waals surface area contributed by atoms with E-state index < -0.39 is 10.0 Å². The molecule has 10 heteroatoms. The Morgan fingerprint density at radius 2 is 1.62 bits per heavy atom. The fourth-order valence-corrected chi connectivity index (χ4v) is 5.03. The zero-order valence-corrected chi connectivity index (χ0v) is 19.4. The van der Waals surface area contributed by atoms with E-state index in [4.69, 9.17) is 0 Å². The third-order valence-corrected chi connectivity index (χ3v) is 7.25. The van der Waals surface area contributed by atoms with Gasteiger partial charge in [-0.25, -0.2) is 17.7 Å². The minimum Gasteiger partial charge on any atom is -0.341 e. The van der Waals surface area contributed by atoms with E-state index in [1.165, 1.54) is 23.4 Å². The highest BCUT2D eigenvalue weighted by molar-refractivity contribution is 7.88. The maximum absolute atomic E-state index is 12.6. The van der Waals surface area contributed by atoms with Gasteiger partial charge in [0, 0.05) is 55.2 Å². The molecule has 0 atom stereocenters. The van der Waals surface area contributed by atoms with Crippen LogP contribution in [0.3, 0.4) is 0 Å². The number of nitrogens with zero attached hydrogens (tertiary/aromatic N) is 4. The summed E-state index contributed by atoms with van der Waals surface area (Å²) in [5.41, 5.74) is 2.49. The lowest BCUT2D eigenvalue weighted by atomic mass is 9.97. The van der Waals surface area contributed by atoms with Gasteiger partial charge in [0.15, 0.2) is 0 Å². The molecule has 2 fully saturated rings. The van der Waals surface area contributed by atoms with Crippen molar-refractivity contribution in [3.63, 3.8) is 0 Å². The average molecular weight is 459 g/mol. The number of aromatic nitrogens is 2. The number of benzene rings is 1. The van der Waals surface area contributed by atoms with Crippen LogP contribution in [-0.2, 0) is 14.8 Å². The zero-order valence-electron chi connectivity index (χ0n) is 18.5. The number of sulfonamides is 1. The van der Waals surface area contributed by atoms with Gasteiger partial charge in [-0.2, -0.15) is 4.98 Å². The predicted molar refractivity (Wildman–Crippen MR) is 126 cm³/mol. The Kier molecular flexibility index (Phi) is 6.61. The number of piperidine rings is 1. The largest absolute Gasteiger partial charge is 0.341 e. The summed E-state index contributed by atoms with van der Waals surface area (Å²) in [7, 11) is -3.19. The smallest absolute Gasteiger partial charge is 0.227 e. The Bertz CT molecular complexity index is 1060. The summed E-state index contributed by atoms with van der Waals surface area (Å²) in [4.78, 5) is 24.0. The molecule has 0 spiro atoms. The maximum atomic E-state index is 12.6. The molecule has 2 aromatic rings. The van der Waals surface area contributed by atoms with Gasteiger partial charge in [-0.05, 0) is 56.9 Å². The highest BCUT2D eigenvalue weighted by Crippen LogP contribution is 2.24. The van der Waals surface area contributed by atoms with Gasteiger partial charge in [0.2, 0.25) is 21.9 Å². The molecule has 1 aromatic heterocycles. The molecule has 2 saturated heterocycles. The van der Waals surface area contributed by atoms with Crippen molar-refractivity contribution in [2.75, 3.05) is 48.0 Å². The first-order chi connectivity index (χ1) is 15.3. The van der Waals surface area contributed by atoms with Crippen LogP contribution < -0.4 is 15.5 Å². The van der Waals surface area contributed by atoms with E-state index >= 15 is 0 Å². The number of carbonyl (C=O) groups is 1. The average Bonchev–Trinajstić information content (AvgIpc) is 3.29. The monoisotopic (exact) mass is 458 g/mol. The SMILES string of the molecule is Cc1cc(Nc2ccc(NC(=O)C3CCN(S(C)(=O)=O)CC3)cc2)nc(N2CCCC2)n1. The lowest BCUT2D eigenvalue weighted by Gasteiger charge is -2.29. The van der Waals surface area contributed by atoms with Gasteiger partial charge in [0.25, 0.3) is 0 Å². The number of amides is 1. The highest BCUT2D eigenvalue weighted by atomic mass is 32.2. The van der Waals surface area contributed by atoms with Gasteiger partial charge in [-0.1, -0.05) is 0 Å². The quantitative estimate of drug-likeness (QED) is 0.685. The van der Waals surface area contributed by atoms with Gasteiger partial charge in [0.05, 0.1) is 6.26 Å². The second-order valence-corrected chi connectivity index (χ2v) is 10.5. The van der Waals surface area contributed by atoms with Crippen LogP contribution in [0.5, 0.6) is 0 Å². The number of anilines is 4. The van der Waals surface area contributed by atoms with E-state index in [-0.39, 0.29) is 11.8 Å². The van der Waals surface area contributed by atoms with Crippen molar-refractivity contribution < 1.29 is 13.2 Å². The Morgan fingerprint density at radius 1 is 1.00 bits per heavy atom. The lowest BCUT2D eigenvalue weighted by Crippen LogP contribution is -2.40. The molecule has 0 aliphatic carbocycles. The van der Waals surface area contributed by atoms with Crippen LogP contribution in [0.1, 0.15) is 31.4 Å². The summed E-state index contributed by atoms with van der Waals surface area (Å²) >= 11 is 0. The lowest BCUT2D eigenvalue weighted by molar-refractivity contribution is -0.120. The van der Waals surface area contributed by atoms with Gasteiger partial charge < -0.3 is 15.5 Å². The molecule has 2 aliphatic rings. The van der Waals surface area contributed by atoms with Crippen molar-refractivity contribution in [3.8, 4) is 0 Å². The fraction of sp³-hybridized carbons (Fsp3) is 0.500. The predicted octanol–water partition coefficient (Wildman–Crippen LogP) is 2.74. The Morgan fingerprint density at radius 3 is 2.25 bits per heavy atom. The van der Waals surface area contributed by atoms with E-state index in [0.717, 1.165) is 36.2 Å². The summed E-state index contributed by atoms with van der Waals surface area (Å²) in [5, 5.41) is 6.26. The highest BCUT2D eigenvalue weighted by Gasteiger charge is 2.28. The molecule has 9 nitrogen and oxygen atoms in total. The van der Waals surface area contributed by atoms with Crippen LogP contribution in [0, 0.1) is 12.8 Å². The molecule has 172 valence electrons. The first kappa shape index (κ1) is 22.5. The molecule has 2 aliphatic heterocycles. The minimum atomic E-state index is -3.19. The standard InChI is InChI=1S/C22H30N6O3S/c1-16-15-20(26-22(23-16)27-11-3-4-12-27)24-18-5-7-19(8-6-18)25-21(29)17-9-13-28(14-10-17)32(2,30)31/h5-8,15,17H,3-4,9-14H2,1-2H3,(H,25,29)(H,23,24,26). The fourth-order valence-electron chi connectivity index (χ4n) is 4.15. The van der Waals surface area contributed by atoms with E-state index in [0.29, 0.717) is 31.6 Å². The first-order valence-electron chi connectivity index (χ1n) is 11.0. The van der Waals surface area contributed by atoms with Crippen molar-refractivity contribution in [1.82, 2.24) is 14.3 Å². The summed E-state index contributed by atoms with van der Waals surface area (Å²) in [6.07, 6.45) is 4.61. The van der Waals surface area contributed by atoms with Crippen molar-refractivity contribution >= 4 is 39.1 Å². The normalized spacial score (nSPS) is 18.0. The molecular weight excluding hydrogens is 428 g/mol. The third kappa shape index (κ3) is 5.55. The summed E-state index contributed by atoms with van der Waals surface area (Å²) < 4.78 is 24.7. The van der Waals surface area contributed by atoms with Gasteiger partial charge in [-0.3, -0.25) is 4.79 Å². The van der Waals surface area contributed by atoms with E-state index in [1.54, 1.807) is 0 Å².